The van der Waals surface area contributed by atoms with Crippen LogP contribution in [0, 0.1) is 6.92 Å². The van der Waals surface area contributed by atoms with Gasteiger partial charge in [0.1, 0.15) is 12.4 Å². The minimum atomic E-state index is -4.08. The molecule has 1 rings (SSSR count). The summed E-state index contributed by atoms with van der Waals surface area (Å²) >= 11 is 0. The number of rotatable bonds is 11. The van der Waals surface area contributed by atoms with E-state index in [1.807, 2.05) is 6.20 Å². The molecule has 0 aliphatic rings. The van der Waals surface area contributed by atoms with Crippen molar-refractivity contribution in [3.05, 3.63) is 18.2 Å². The maximum Gasteiger partial charge on any atom is 0.251 e. The van der Waals surface area contributed by atoms with E-state index < -0.39 is 10.1 Å². The molecule has 7 nitrogen and oxygen atoms in total. The number of unbranched alkanes of at least 4 members (excludes halogenated alkanes) is 1. The van der Waals surface area contributed by atoms with Crippen LogP contribution in [0.5, 0.6) is 0 Å². The van der Waals surface area contributed by atoms with Crippen LogP contribution >= 0.6 is 0 Å². The van der Waals surface area contributed by atoms with Crippen molar-refractivity contribution in [2.45, 2.75) is 46.1 Å². The summed E-state index contributed by atoms with van der Waals surface area (Å²) < 4.78 is 42.5. The number of methoxy groups -OCH3 is 1. The molecule has 0 amide bonds. The van der Waals surface area contributed by atoms with Crippen LogP contribution in [0.2, 0.25) is 0 Å². The standard InChI is InChI=1S/C8H14N2.C7H16O5S/c1-3-4-6-10-7-5-9-8(10)2;1-11-4-2-5-12-6-3-7-13(8,9)10/h5,7H,3-4,6H2,1-2H3;2-7H2,1H3,(H,8,9,10). The quantitative estimate of drug-likeness (QED) is 0.370. The highest BCUT2D eigenvalue weighted by Gasteiger charge is 2.01. The summed E-state index contributed by atoms with van der Waals surface area (Å²) in [5.74, 6) is 0.894. The molecule has 0 fully saturated rings. The predicted molar refractivity (Wildman–Crippen MR) is 87.1 cm³/mol. The summed E-state index contributed by atoms with van der Waals surface area (Å²) in [7, 11) is -2.48. The Kier molecular flexibility index (Phi) is 12.9. The maximum atomic E-state index is 10.1. The van der Waals surface area contributed by atoms with Gasteiger partial charge in [0.2, 0.25) is 0 Å². The van der Waals surface area contributed by atoms with Crippen molar-refractivity contribution in [2.75, 3.05) is 32.7 Å². The van der Waals surface area contributed by atoms with Gasteiger partial charge in [-0.1, -0.05) is 13.3 Å². The van der Waals surface area contributed by atoms with E-state index in [0.29, 0.717) is 19.8 Å². The fourth-order valence-electron chi connectivity index (χ4n) is 1.76. The summed E-state index contributed by atoms with van der Waals surface area (Å²) in [4.78, 5) is 3.14. The zero-order valence-corrected chi connectivity index (χ0v) is 15.2. The number of hydrogen-bond donors (Lipinski definition) is 1. The average Bonchev–Trinajstić information content (AvgIpc) is 2.89. The average molecular weight is 350 g/mol. The molecule has 0 aliphatic carbocycles. The third kappa shape index (κ3) is 14.4. The van der Waals surface area contributed by atoms with Gasteiger partial charge in [0, 0.05) is 39.6 Å². The Hall–Kier alpha value is -0.960. The minimum absolute atomic E-state index is 0.263. The van der Waals surface area contributed by atoms with E-state index in [-0.39, 0.29) is 12.2 Å². The second-order valence-corrected chi connectivity index (χ2v) is 6.69. The summed E-state index contributed by atoms with van der Waals surface area (Å²) in [6.07, 6.45) is 7.64. The van der Waals surface area contributed by atoms with Crippen molar-refractivity contribution >= 4 is 10.1 Å². The van der Waals surface area contributed by atoms with Crippen LogP contribution in [0.25, 0.3) is 0 Å². The number of nitrogens with one attached hydrogen (secondary N) is 1. The van der Waals surface area contributed by atoms with Crippen LogP contribution < -0.4 is 4.57 Å². The normalized spacial score (nSPS) is 11.1. The zero-order chi connectivity index (χ0) is 17.6. The number of ether oxygens (including phenoxy) is 2. The van der Waals surface area contributed by atoms with Gasteiger partial charge in [-0.2, -0.15) is 0 Å². The Morgan fingerprint density at radius 1 is 1.22 bits per heavy atom. The number of aryl methyl sites for hydroxylation is 2. The first-order valence-electron chi connectivity index (χ1n) is 7.94. The van der Waals surface area contributed by atoms with Crippen LogP contribution in [0.3, 0.4) is 0 Å². The molecule has 0 atom stereocenters. The van der Waals surface area contributed by atoms with E-state index in [4.69, 9.17) is 9.47 Å². The van der Waals surface area contributed by atoms with Gasteiger partial charge in [-0.05, 0) is 19.3 Å². The van der Waals surface area contributed by atoms with Crippen molar-refractivity contribution < 1.29 is 27.0 Å². The van der Waals surface area contributed by atoms with Crippen molar-refractivity contribution in [1.82, 2.24) is 4.98 Å². The van der Waals surface area contributed by atoms with Crippen molar-refractivity contribution in [1.29, 1.82) is 0 Å². The van der Waals surface area contributed by atoms with E-state index in [0.717, 1.165) is 13.0 Å². The SMILES string of the molecule is CCCC[n+]1cc[nH]c1C.COCCCOCCCS(=O)(=O)[O-]. The number of H-pyrrole nitrogens is 1. The lowest BCUT2D eigenvalue weighted by atomic mass is 10.3. The lowest BCUT2D eigenvalue weighted by Gasteiger charge is -2.06. The van der Waals surface area contributed by atoms with Crippen LogP contribution in [0.1, 0.15) is 38.4 Å². The molecule has 0 aromatic carbocycles. The molecule has 0 saturated carbocycles. The molecule has 0 radical (unpaired) electrons. The van der Waals surface area contributed by atoms with Gasteiger partial charge in [-0.3, -0.25) is 0 Å². The fraction of sp³-hybridized carbons (Fsp3) is 0.800. The monoisotopic (exact) mass is 350 g/mol. The Morgan fingerprint density at radius 3 is 2.43 bits per heavy atom. The summed E-state index contributed by atoms with van der Waals surface area (Å²) in [5.41, 5.74) is 0. The first-order chi connectivity index (χ1) is 10.9. The summed E-state index contributed by atoms with van der Waals surface area (Å²) in [6.45, 7) is 6.92. The Balaban J connectivity index is 0.000000433. The molecule has 1 heterocycles. The highest BCUT2D eigenvalue weighted by atomic mass is 32.2. The van der Waals surface area contributed by atoms with Crippen LogP contribution in [0.4, 0.5) is 0 Å². The predicted octanol–water partition coefficient (Wildman–Crippen LogP) is 1.39. The Bertz CT molecular complexity index is 488. The topological polar surface area (TPSA) is 95.3 Å². The molecular weight excluding hydrogens is 320 g/mol. The Morgan fingerprint density at radius 2 is 1.91 bits per heavy atom. The van der Waals surface area contributed by atoms with Crippen molar-refractivity contribution in [3.63, 3.8) is 0 Å². The number of nitrogens with zero attached hydrogens (tertiary/aromatic N) is 1. The van der Waals surface area contributed by atoms with Gasteiger partial charge in [-0.15, -0.1) is 0 Å². The van der Waals surface area contributed by atoms with E-state index in [1.165, 1.54) is 18.7 Å². The molecule has 1 N–H and O–H groups in total. The van der Waals surface area contributed by atoms with E-state index in [9.17, 15) is 13.0 Å². The van der Waals surface area contributed by atoms with Crippen LogP contribution in [0.15, 0.2) is 12.4 Å². The minimum Gasteiger partial charge on any atom is -0.748 e. The first-order valence-corrected chi connectivity index (χ1v) is 9.52. The first kappa shape index (κ1) is 22.0. The zero-order valence-electron chi connectivity index (χ0n) is 14.4. The molecule has 8 heteroatoms. The molecule has 0 aliphatic heterocycles. The second-order valence-electron chi connectivity index (χ2n) is 5.17. The highest BCUT2D eigenvalue weighted by Crippen LogP contribution is 1.91. The summed E-state index contributed by atoms with van der Waals surface area (Å²) in [6, 6.07) is 0. The molecule has 0 spiro atoms. The lowest BCUT2D eigenvalue weighted by Crippen LogP contribution is -2.34. The van der Waals surface area contributed by atoms with E-state index in [2.05, 4.69) is 29.6 Å². The van der Waals surface area contributed by atoms with Crippen LogP contribution in [-0.4, -0.2) is 50.6 Å². The van der Waals surface area contributed by atoms with Gasteiger partial charge >= 0.3 is 0 Å². The molecular formula is C15H30N2O5S. The molecule has 1 aromatic heterocycles. The van der Waals surface area contributed by atoms with Gasteiger partial charge in [0.25, 0.3) is 5.82 Å². The third-order valence-electron chi connectivity index (χ3n) is 3.05. The molecule has 136 valence electrons. The molecule has 0 saturated heterocycles. The number of aromatic nitrogens is 2. The number of hydrogen-bond acceptors (Lipinski definition) is 5. The van der Waals surface area contributed by atoms with Gasteiger partial charge in [-0.25, -0.2) is 18.0 Å². The van der Waals surface area contributed by atoms with Crippen LogP contribution in [-0.2, 0) is 26.1 Å². The maximum absolute atomic E-state index is 10.1. The lowest BCUT2D eigenvalue weighted by molar-refractivity contribution is -0.701. The van der Waals surface area contributed by atoms with Gasteiger partial charge in [0.05, 0.1) is 16.7 Å². The second kappa shape index (κ2) is 13.5. The highest BCUT2D eigenvalue weighted by molar-refractivity contribution is 7.85. The fourth-order valence-corrected chi connectivity index (χ4v) is 2.23. The molecule has 0 bridgehead atoms. The third-order valence-corrected chi connectivity index (χ3v) is 3.84. The molecule has 1 aromatic rings. The van der Waals surface area contributed by atoms with E-state index >= 15 is 0 Å². The molecule has 0 unspecified atom stereocenters. The number of imidazole rings is 1. The van der Waals surface area contributed by atoms with E-state index in [1.54, 1.807) is 7.11 Å². The smallest absolute Gasteiger partial charge is 0.251 e. The van der Waals surface area contributed by atoms with Crippen molar-refractivity contribution in [2.24, 2.45) is 0 Å². The van der Waals surface area contributed by atoms with Gasteiger partial charge in [0.15, 0.2) is 0 Å². The largest absolute Gasteiger partial charge is 0.748 e. The number of aromatic amines is 1. The molecule has 23 heavy (non-hydrogen) atoms. The summed E-state index contributed by atoms with van der Waals surface area (Å²) in [5, 5.41) is 0. The Labute approximate surface area is 139 Å². The van der Waals surface area contributed by atoms with Crippen molar-refractivity contribution in [3.8, 4) is 0 Å². The van der Waals surface area contributed by atoms with Gasteiger partial charge < -0.3 is 14.0 Å².